The van der Waals surface area contributed by atoms with Gasteiger partial charge in [-0.15, -0.1) is 0 Å². The van der Waals surface area contributed by atoms with Crippen LogP contribution in [0.25, 0.3) is 0 Å². The van der Waals surface area contributed by atoms with Crippen molar-refractivity contribution in [1.29, 1.82) is 0 Å². The molecule has 2 aliphatic rings. The normalized spacial score (nSPS) is 20.7. The van der Waals surface area contributed by atoms with Gasteiger partial charge in [-0.2, -0.15) is 0 Å². The second-order valence-electron chi connectivity index (χ2n) is 6.69. The number of carbonyl (C=O) groups is 1. The zero-order chi connectivity index (χ0) is 16.2. The average Bonchev–Trinajstić information content (AvgIpc) is 2.62. The van der Waals surface area contributed by atoms with Gasteiger partial charge in [0.25, 0.3) is 5.91 Å². The van der Waals surface area contributed by atoms with Crippen molar-refractivity contribution in [3.8, 4) is 0 Å². The second-order valence-corrected chi connectivity index (χ2v) is 6.69. The number of benzene rings is 1. The van der Waals surface area contributed by atoms with Gasteiger partial charge in [0.1, 0.15) is 0 Å². The second kappa shape index (κ2) is 7.32. The number of piperazine rings is 1. The van der Waals surface area contributed by atoms with Gasteiger partial charge in [0.05, 0.1) is 12.2 Å². The highest BCUT2D eigenvalue weighted by molar-refractivity contribution is 5.99. The number of primary amides is 1. The van der Waals surface area contributed by atoms with Crippen molar-refractivity contribution in [3.05, 3.63) is 29.3 Å². The van der Waals surface area contributed by atoms with E-state index >= 15 is 0 Å². The van der Waals surface area contributed by atoms with E-state index in [0.717, 1.165) is 43.5 Å². The van der Waals surface area contributed by atoms with Crippen molar-refractivity contribution in [2.45, 2.75) is 44.8 Å². The Morgan fingerprint density at radius 2 is 1.83 bits per heavy atom. The van der Waals surface area contributed by atoms with Crippen LogP contribution >= 0.6 is 0 Å². The molecule has 1 saturated carbocycles. The fourth-order valence-electron chi connectivity index (χ4n) is 3.93. The summed E-state index contributed by atoms with van der Waals surface area (Å²) in [7, 11) is 0. The number of nitrogens with two attached hydrogens (primary N) is 1. The molecule has 5 nitrogen and oxygen atoms in total. The molecule has 0 radical (unpaired) electrons. The van der Waals surface area contributed by atoms with Gasteiger partial charge < -0.3 is 15.7 Å². The van der Waals surface area contributed by atoms with Gasteiger partial charge in [0, 0.05) is 37.9 Å². The molecule has 0 aromatic heterocycles. The van der Waals surface area contributed by atoms with Crippen LogP contribution in [0.15, 0.2) is 18.2 Å². The number of amides is 1. The van der Waals surface area contributed by atoms with Crippen LogP contribution in [-0.4, -0.2) is 48.1 Å². The van der Waals surface area contributed by atoms with E-state index in [0.29, 0.717) is 5.56 Å². The Balaban J connectivity index is 1.68. The lowest BCUT2D eigenvalue weighted by molar-refractivity contribution is 0.1000. The number of rotatable bonds is 4. The van der Waals surface area contributed by atoms with E-state index in [-0.39, 0.29) is 6.61 Å². The Morgan fingerprint density at radius 3 is 2.43 bits per heavy atom. The molecule has 0 unspecified atom stereocenters. The van der Waals surface area contributed by atoms with Crippen LogP contribution < -0.4 is 10.6 Å². The molecule has 0 spiro atoms. The highest BCUT2D eigenvalue weighted by atomic mass is 16.3. The number of hydrogen-bond donors (Lipinski definition) is 2. The van der Waals surface area contributed by atoms with Crippen molar-refractivity contribution < 1.29 is 9.90 Å². The van der Waals surface area contributed by atoms with E-state index in [2.05, 4.69) is 9.80 Å². The molecule has 1 aliphatic carbocycles. The van der Waals surface area contributed by atoms with Gasteiger partial charge in [-0.3, -0.25) is 9.69 Å². The van der Waals surface area contributed by atoms with Gasteiger partial charge in [-0.05, 0) is 30.5 Å². The summed E-state index contributed by atoms with van der Waals surface area (Å²) in [6.07, 6.45) is 6.77. The minimum Gasteiger partial charge on any atom is -0.392 e. The molecule has 126 valence electrons. The van der Waals surface area contributed by atoms with Crippen LogP contribution in [0.5, 0.6) is 0 Å². The first kappa shape index (κ1) is 16.3. The maximum Gasteiger partial charge on any atom is 0.250 e. The van der Waals surface area contributed by atoms with E-state index in [4.69, 9.17) is 5.73 Å². The number of nitrogens with zero attached hydrogens (tertiary/aromatic N) is 2. The van der Waals surface area contributed by atoms with E-state index in [1.807, 2.05) is 12.1 Å². The molecule has 1 saturated heterocycles. The lowest BCUT2D eigenvalue weighted by Crippen LogP contribution is -2.51. The summed E-state index contributed by atoms with van der Waals surface area (Å²) in [6.45, 7) is 3.87. The van der Waals surface area contributed by atoms with Gasteiger partial charge in [0.15, 0.2) is 0 Å². The predicted octanol–water partition coefficient (Wildman–Crippen LogP) is 1.73. The van der Waals surface area contributed by atoms with E-state index in [1.54, 1.807) is 6.07 Å². The molecule has 3 N–H and O–H groups in total. The first-order valence-corrected chi connectivity index (χ1v) is 8.71. The van der Waals surface area contributed by atoms with Gasteiger partial charge in [-0.1, -0.05) is 25.3 Å². The van der Waals surface area contributed by atoms with E-state index in [9.17, 15) is 9.90 Å². The largest absolute Gasteiger partial charge is 0.392 e. The van der Waals surface area contributed by atoms with Crippen molar-refractivity contribution in [2.24, 2.45) is 5.73 Å². The molecule has 3 rings (SSSR count). The summed E-state index contributed by atoms with van der Waals surface area (Å²) < 4.78 is 0. The number of hydrogen-bond acceptors (Lipinski definition) is 4. The van der Waals surface area contributed by atoms with E-state index < -0.39 is 5.91 Å². The molecule has 0 atom stereocenters. The summed E-state index contributed by atoms with van der Waals surface area (Å²) in [5.41, 5.74) is 7.67. The van der Waals surface area contributed by atoms with Crippen molar-refractivity contribution >= 4 is 11.6 Å². The minimum absolute atomic E-state index is 0.0734. The smallest absolute Gasteiger partial charge is 0.250 e. The first-order valence-electron chi connectivity index (χ1n) is 8.71. The third kappa shape index (κ3) is 3.67. The van der Waals surface area contributed by atoms with Crippen LogP contribution in [0.2, 0.25) is 0 Å². The zero-order valence-electron chi connectivity index (χ0n) is 13.7. The van der Waals surface area contributed by atoms with Crippen LogP contribution in [-0.2, 0) is 6.61 Å². The molecule has 1 aromatic rings. The highest BCUT2D eigenvalue weighted by Gasteiger charge is 2.26. The lowest BCUT2D eigenvalue weighted by atomic mass is 9.93. The molecule has 5 heteroatoms. The molecule has 2 fully saturated rings. The quantitative estimate of drug-likeness (QED) is 0.887. The Kier molecular flexibility index (Phi) is 5.18. The summed E-state index contributed by atoms with van der Waals surface area (Å²) in [4.78, 5) is 16.6. The Bertz CT molecular complexity index is 547. The maximum atomic E-state index is 11.7. The molecular formula is C18H27N3O2. The molecule has 1 amide bonds. The lowest BCUT2D eigenvalue weighted by Gasteiger charge is -2.42. The third-order valence-electron chi connectivity index (χ3n) is 5.26. The average molecular weight is 317 g/mol. The number of carbonyl (C=O) groups excluding carboxylic acids is 1. The van der Waals surface area contributed by atoms with Crippen LogP contribution in [0, 0.1) is 0 Å². The fraction of sp³-hybridized carbons (Fsp3) is 0.611. The van der Waals surface area contributed by atoms with Gasteiger partial charge >= 0.3 is 0 Å². The fourth-order valence-corrected chi connectivity index (χ4v) is 3.93. The van der Waals surface area contributed by atoms with Gasteiger partial charge in [0.2, 0.25) is 0 Å². The standard InChI is InChI=1S/C18H27N3O2/c19-18(23)16-12-14(13-22)6-7-17(16)21-10-8-20(9-11-21)15-4-2-1-3-5-15/h6-7,12,15,22H,1-5,8-11,13H2,(H2,19,23). The Hall–Kier alpha value is -1.59. The first-order chi connectivity index (χ1) is 11.2. The molecule has 1 heterocycles. The molecule has 1 aromatic carbocycles. The highest BCUT2D eigenvalue weighted by Crippen LogP contribution is 2.27. The molecule has 1 aliphatic heterocycles. The maximum absolute atomic E-state index is 11.7. The Morgan fingerprint density at radius 1 is 1.13 bits per heavy atom. The van der Waals surface area contributed by atoms with Crippen LogP contribution in [0.4, 0.5) is 5.69 Å². The summed E-state index contributed by atoms with van der Waals surface area (Å²) >= 11 is 0. The summed E-state index contributed by atoms with van der Waals surface area (Å²) in [6, 6.07) is 6.25. The SMILES string of the molecule is NC(=O)c1cc(CO)ccc1N1CCN(C2CCCCC2)CC1. The summed E-state index contributed by atoms with van der Waals surface area (Å²) in [5, 5.41) is 9.25. The zero-order valence-corrected chi connectivity index (χ0v) is 13.7. The molecule has 23 heavy (non-hydrogen) atoms. The van der Waals surface area contributed by atoms with Crippen LogP contribution in [0.3, 0.4) is 0 Å². The van der Waals surface area contributed by atoms with E-state index in [1.165, 1.54) is 32.1 Å². The van der Waals surface area contributed by atoms with Crippen molar-refractivity contribution in [3.63, 3.8) is 0 Å². The molecular weight excluding hydrogens is 290 g/mol. The number of aliphatic hydroxyl groups excluding tert-OH is 1. The van der Waals surface area contributed by atoms with Crippen LogP contribution in [0.1, 0.15) is 48.0 Å². The third-order valence-corrected chi connectivity index (χ3v) is 5.26. The predicted molar refractivity (Wildman–Crippen MR) is 91.5 cm³/mol. The van der Waals surface area contributed by atoms with Gasteiger partial charge in [-0.25, -0.2) is 0 Å². The molecule has 0 bridgehead atoms. The topological polar surface area (TPSA) is 69.8 Å². The monoisotopic (exact) mass is 317 g/mol. The number of anilines is 1. The van der Waals surface area contributed by atoms with Crippen molar-refractivity contribution in [2.75, 3.05) is 31.1 Å². The number of aliphatic hydroxyl groups is 1. The summed E-state index contributed by atoms with van der Waals surface area (Å²) in [5.74, 6) is -0.426. The minimum atomic E-state index is -0.426. The Labute approximate surface area is 138 Å². The van der Waals surface area contributed by atoms with Crippen molar-refractivity contribution in [1.82, 2.24) is 4.90 Å².